The Hall–Kier alpha value is -1.30. The number of nitrogens with zero attached hydrogens (tertiary/aromatic N) is 2. The molecule has 11 nitrogen and oxygen atoms in total. The summed E-state index contributed by atoms with van der Waals surface area (Å²) in [7, 11) is -7.69. The molecule has 1 aromatic rings. The quantitative estimate of drug-likeness (QED) is 0.120. The van der Waals surface area contributed by atoms with Gasteiger partial charge in [0.1, 0.15) is 22.0 Å². The van der Waals surface area contributed by atoms with E-state index in [1.807, 2.05) is 0 Å². The number of aromatic nitrogens is 2. The molecule has 0 saturated heterocycles. The van der Waals surface area contributed by atoms with Gasteiger partial charge in [0.2, 0.25) is 0 Å². The molecule has 0 aromatic carbocycles. The van der Waals surface area contributed by atoms with Crippen LogP contribution < -0.4 is 16.3 Å². The lowest BCUT2D eigenvalue weighted by Gasteiger charge is -2.25. The molecule has 1 unspecified atom stereocenters. The van der Waals surface area contributed by atoms with E-state index in [0.29, 0.717) is 6.42 Å². The van der Waals surface area contributed by atoms with Gasteiger partial charge in [0.25, 0.3) is 0 Å². The van der Waals surface area contributed by atoms with Crippen LogP contribution in [-0.4, -0.2) is 60.2 Å². The Balaban J connectivity index is 1.45. The summed E-state index contributed by atoms with van der Waals surface area (Å²) in [5.74, 6) is 1.04. The van der Waals surface area contributed by atoms with Gasteiger partial charge in [0.15, 0.2) is 7.60 Å². The van der Waals surface area contributed by atoms with E-state index < -0.39 is 42.2 Å². The molecule has 0 amide bonds. The van der Waals surface area contributed by atoms with Gasteiger partial charge in [0, 0.05) is 6.20 Å². The number of anilines is 1. The van der Waals surface area contributed by atoms with Crippen molar-refractivity contribution in [3.8, 4) is 0 Å². The molecular formula is C28H51N3O8PS-. The maximum absolute atomic E-state index is 12.3. The molecule has 238 valence electrons. The average molecular weight is 621 g/mol. The number of nitrogen functional groups attached to an aromatic ring is 1. The van der Waals surface area contributed by atoms with Crippen LogP contribution in [0.4, 0.5) is 5.82 Å². The van der Waals surface area contributed by atoms with E-state index in [4.69, 9.17) is 15.0 Å². The molecule has 1 fully saturated rings. The molecule has 1 saturated carbocycles. The number of rotatable bonds is 25. The summed E-state index contributed by atoms with van der Waals surface area (Å²) in [4.78, 5) is 27.5. The number of ether oxygens (including phenoxy) is 1. The van der Waals surface area contributed by atoms with E-state index >= 15 is 0 Å². The Kier molecular flexibility index (Phi) is 17.3. The Labute approximate surface area is 245 Å². The zero-order valence-electron chi connectivity index (χ0n) is 24.5. The van der Waals surface area contributed by atoms with Gasteiger partial charge in [-0.1, -0.05) is 89.9 Å². The first-order chi connectivity index (χ1) is 19.6. The molecule has 3 N–H and O–H groups in total. The fourth-order valence-corrected chi connectivity index (χ4v) is 7.19. The lowest BCUT2D eigenvalue weighted by molar-refractivity contribution is -0.205. The second-order valence-electron chi connectivity index (χ2n) is 11.3. The third-order valence-electron chi connectivity index (χ3n) is 7.65. The molecule has 0 aliphatic heterocycles. The first-order valence-electron chi connectivity index (χ1n) is 15.3. The van der Waals surface area contributed by atoms with Crippen LogP contribution in [0.25, 0.3) is 0 Å². The third kappa shape index (κ3) is 16.8. The van der Waals surface area contributed by atoms with Crippen LogP contribution in [0, 0.1) is 5.92 Å². The Morgan fingerprint density at radius 2 is 1.61 bits per heavy atom. The molecule has 0 bridgehead atoms. The van der Waals surface area contributed by atoms with Crippen LogP contribution in [0.15, 0.2) is 17.1 Å². The molecular weight excluding hydrogens is 569 g/mol. The van der Waals surface area contributed by atoms with Gasteiger partial charge >= 0.3 is 5.69 Å². The van der Waals surface area contributed by atoms with Crippen molar-refractivity contribution < 1.29 is 32.2 Å². The van der Waals surface area contributed by atoms with E-state index in [9.17, 15) is 27.8 Å². The van der Waals surface area contributed by atoms with Crippen LogP contribution in [0.1, 0.15) is 103 Å². The minimum Gasteiger partial charge on any atom is -0.777 e. The van der Waals surface area contributed by atoms with Crippen molar-refractivity contribution in [2.75, 3.05) is 36.8 Å². The smallest absolute Gasteiger partial charge is 0.349 e. The molecule has 1 aromatic heterocycles. The second-order valence-corrected chi connectivity index (χ2v) is 15.4. The van der Waals surface area contributed by atoms with Gasteiger partial charge < -0.3 is 29.6 Å². The summed E-state index contributed by atoms with van der Waals surface area (Å²) < 4.78 is 47.9. The lowest BCUT2D eigenvalue weighted by atomic mass is 9.81. The molecule has 1 aliphatic carbocycles. The number of nitrogens with two attached hydrogens (primary N) is 1. The Morgan fingerprint density at radius 3 is 2.17 bits per heavy atom. The highest BCUT2D eigenvalue weighted by molar-refractivity contribution is 7.91. The summed E-state index contributed by atoms with van der Waals surface area (Å²) in [6, 6.07) is 1.40. The second kappa shape index (κ2) is 19.8. The van der Waals surface area contributed by atoms with Crippen molar-refractivity contribution in [1.29, 1.82) is 0 Å². The number of sulfone groups is 1. The lowest BCUT2D eigenvalue weighted by Crippen LogP contribution is -2.32. The topological polar surface area (TPSA) is 174 Å². The monoisotopic (exact) mass is 620 g/mol. The molecule has 1 aliphatic rings. The molecule has 2 rings (SSSR count). The summed E-state index contributed by atoms with van der Waals surface area (Å²) >= 11 is 0. The van der Waals surface area contributed by atoms with E-state index in [-0.39, 0.29) is 36.9 Å². The highest BCUT2D eigenvalue weighted by Gasteiger charge is 2.17. The first-order valence-corrected chi connectivity index (χ1v) is 18.9. The van der Waals surface area contributed by atoms with Crippen LogP contribution in [0.5, 0.6) is 0 Å². The van der Waals surface area contributed by atoms with Crippen LogP contribution in [0.3, 0.4) is 0 Å². The SMILES string of the molecule is Nc1ccn(C[C@@H](CO)OCP(=O)([O-])OCCCS(=O)(=O)CCCCCCCCCCCCCC2CCC2)c(=O)n1. The predicted octanol–water partition coefficient (Wildman–Crippen LogP) is 4.02. The molecule has 0 spiro atoms. The number of hydrogen-bond donors (Lipinski definition) is 2. The Morgan fingerprint density at radius 1 is 1.02 bits per heavy atom. The first kappa shape index (κ1) is 35.9. The molecule has 41 heavy (non-hydrogen) atoms. The highest BCUT2D eigenvalue weighted by atomic mass is 32.2. The fourth-order valence-electron chi connectivity index (χ4n) is 4.91. The largest absolute Gasteiger partial charge is 0.777 e. The molecule has 1 heterocycles. The predicted molar refractivity (Wildman–Crippen MR) is 159 cm³/mol. The van der Waals surface area contributed by atoms with Crippen molar-refractivity contribution >= 4 is 23.3 Å². The summed E-state index contributed by atoms with van der Waals surface area (Å²) in [6.07, 6.45) is 18.3. The van der Waals surface area contributed by atoms with E-state index in [1.165, 1.54) is 82.9 Å². The van der Waals surface area contributed by atoms with Gasteiger partial charge in [-0.2, -0.15) is 4.98 Å². The number of aliphatic hydroxyl groups excluding tert-OH is 1. The van der Waals surface area contributed by atoms with Crippen LogP contribution in [0.2, 0.25) is 0 Å². The summed E-state index contributed by atoms with van der Waals surface area (Å²) in [5, 5.41) is 9.46. The van der Waals surface area contributed by atoms with Crippen molar-refractivity contribution in [3.63, 3.8) is 0 Å². The highest BCUT2D eigenvalue weighted by Crippen LogP contribution is 2.37. The number of unbranched alkanes of at least 4 members (excludes halogenated alkanes) is 10. The van der Waals surface area contributed by atoms with Gasteiger partial charge in [-0.15, -0.1) is 0 Å². The van der Waals surface area contributed by atoms with Gasteiger partial charge in [-0.05, 0) is 24.8 Å². The van der Waals surface area contributed by atoms with Crippen LogP contribution >= 0.6 is 7.60 Å². The zero-order chi connectivity index (χ0) is 30.0. The minimum absolute atomic E-state index is 0.0443. The normalized spacial score (nSPS) is 16.3. The molecule has 2 atom stereocenters. The molecule has 13 heteroatoms. The van der Waals surface area contributed by atoms with Crippen molar-refractivity contribution in [1.82, 2.24) is 9.55 Å². The summed E-state index contributed by atoms with van der Waals surface area (Å²) in [5.41, 5.74) is 4.78. The van der Waals surface area contributed by atoms with Gasteiger partial charge in [0.05, 0.1) is 37.4 Å². The Bertz CT molecular complexity index is 1060. The van der Waals surface area contributed by atoms with E-state index in [2.05, 4.69) is 4.98 Å². The van der Waals surface area contributed by atoms with Crippen molar-refractivity contribution in [3.05, 3.63) is 22.7 Å². The summed E-state index contributed by atoms with van der Waals surface area (Å²) in [6.45, 7) is -0.925. The maximum Gasteiger partial charge on any atom is 0.349 e. The van der Waals surface area contributed by atoms with E-state index in [1.54, 1.807) is 0 Å². The zero-order valence-corrected chi connectivity index (χ0v) is 26.2. The number of hydrogen-bond acceptors (Lipinski definition) is 10. The van der Waals surface area contributed by atoms with Crippen molar-refractivity contribution in [2.45, 2.75) is 115 Å². The van der Waals surface area contributed by atoms with Crippen molar-refractivity contribution in [2.24, 2.45) is 5.92 Å². The third-order valence-corrected chi connectivity index (χ3v) is 10.5. The fraction of sp³-hybridized carbons (Fsp3) is 0.857. The average Bonchev–Trinajstić information content (AvgIpc) is 2.89. The van der Waals surface area contributed by atoms with Crippen LogP contribution in [-0.2, 0) is 30.2 Å². The van der Waals surface area contributed by atoms with E-state index in [0.717, 1.165) is 29.7 Å². The maximum atomic E-state index is 12.3. The standard InChI is InChI=1S/C28H52N3O8PS/c29-27-17-18-31(28(33)30-27)22-26(23-32)38-24-40(34,35)39-19-13-21-41(36,37)20-11-9-7-5-3-1-2-4-6-8-10-14-25-15-12-16-25/h17-18,25-26,32H,1-16,19-24H2,(H,34,35)(H2,29,30,33)/p-1/t26-/m0/s1. The van der Waals surface area contributed by atoms with Gasteiger partial charge in [-0.3, -0.25) is 4.57 Å². The van der Waals surface area contributed by atoms with Gasteiger partial charge in [-0.25, -0.2) is 13.2 Å². The molecule has 0 radical (unpaired) electrons. The number of aliphatic hydroxyl groups is 1. The minimum atomic E-state index is -4.42.